The molecule has 0 atom stereocenters. The van der Waals surface area contributed by atoms with Crippen LogP contribution in [0, 0.1) is 0 Å². The third kappa shape index (κ3) is 4.03. The molecule has 22 heavy (non-hydrogen) atoms. The molecule has 1 aromatic carbocycles. The average molecular weight is 321 g/mol. The minimum absolute atomic E-state index is 0.00562. The topological polar surface area (TPSA) is 57.6 Å². The molecule has 1 fully saturated rings. The number of thioether (sulfide) groups is 1. The number of aliphatic carboxylic acids is 1. The molecule has 4 nitrogen and oxygen atoms in total. The predicted octanol–water partition coefficient (Wildman–Crippen LogP) is 3.41. The maximum atomic E-state index is 13.0. The molecule has 1 amide bonds. The zero-order valence-electron chi connectivity index (χ0n) is 13.0. The molecule has 0 aliphatic heterocycles. The van der Waals surface area contributed by atoms with Gasteiger partial charge >= 0.3 is 5.97 Å². The number of amides is 1. The zero-order valence-corrected chi connectivity index (χ0v) is 13.8. The Morgan fingerprint density at radius 2 is 1.86 bits per heavy atom. The molecular formula is C17H23NO3S. The van der Waals surface area contributed by atoms with Crippen LogP contribution in [0.25, 0.3) is 0 Å². The SMILES string of the molecule is CCN(CCC(=O)O)C(=O)C1(Sc2ccccc2)CCCC1. The summed E-state index contributed by atoms with van der Waals surface area (Å²) in [5, 5.41) is 8.86. The van der Waals surface area contributed by atoms with Crippen molar-refractivity contribution in [3.05, 3.63) is 30.3 Å². The van der Waals surface area contributed by atoms with Gasteiger partial charge in [0.1, 0.15) is 0 Å². The van der Waals surface area contributed by atoms with Crippen LogP contribution in [0.5, 0.6) is 0 Å². The molecule has 0 unspecified atom stereocenters. The molecule has 0 heterocycles. The van der Waals surface area contributed by atoms with Crippen molar-refractivity contribution in [3.63, 3.8) is 0 Å². The molecule has 1 saturated carbocycles. The van der Waals surface area contributed by atoms with E-state index >= 15 is 0 Å². The highest BCUT2D eigenvalue weighted by atomic mass is 32.2. The molecule has 0 aromatic heterocycles. The fraction of sp³-hybridized carbons (Fsp3) is 0.529. The molecule has 0 radical (unpaired) electrons. The van der Waals surface area contributed by atoms with Crippen molar-refractivity contribution in [3.8, 4) is 0 Å². The van der Waals surface area contributed by atoms with Crippen LogP contribution >= 0.6 is 11.8 Å². The lowest BCUT2D eigenvalue weighted by Gasteiger charge is -2.33. The van der Waals surface area contributed by atoms with Crippen LogP contribution in [0.15, 0.2) is 35.2 Å². The van der Waals surface area contributed by atoms with Gasteiger partial charge in [-0.2, -0.15) is 0 Å². The van der Waals surface area contributed by atoms with Gasteiger partial charge in [0.05, 0.1) is 11.2 Å². The number of nitrogens with zero attached hydrogens (tertiary/aromatic N) is 1. The third-order valence-corrected chi connectivity index (χ3v) is 5.60. The summed E-state index contributed by atoms with van der Waals surface area (Å²) in [6.45, 7) is 2.76. The van der Waals surface area contributed by atoms with Crippen LogP contribution in [0.1, 0.15) is 39.0 Å². The van der Waals surface area contributed by atoms with E-state index in [4.69, 9.17) is 5.11 Å². The number of carbonyl (C=O) groups is 2. The van der Waals surface area contributed by atoms with E-state index in [-0.39, 0.29) is 12.3 Å². The van der Waals surface area contributed by atoms with Crippen LogP contribution in [-0.2, 0) is 9.59 Å². The summed E-state index contributed by atoms with van der Waals surface area (Å²) in [4.78, 5) is 26.6. The smallest absolute Gasteiger partial charge is 0.305 e. The van der Waals surface area contributed by atoms with Crippen LogP contribution < -0.4 is 0 Å². The van der Waals surface area contributed by atoms with E-state index in [1.807, 2.05) is 37.3 Å². The van der Waals surface area contributed by atoms with Gasteiger partial charge in [0.15, 0.2) is 0 Å². The third-order valence-electron chi connectivity index (χ3n) is 4.12. The molecule has 0 bridgehead atoms. The van der Waals surface area contributed by atoms with Gasteiger partial charge < -0.3 is 10.0 Å². The summed E-state index contributed by atoms with van der Waals surface area (Å²) < 4.78 is -0.421. The van der Waals surface area contributed by atoms with Gasteiger partial charge in [-0.15, -0.1) is 11.8 Å². The molecule has 120 valence electrons. The Hall–Kier alpha value is -1.49. The number of hydrogen-bond donors (Lipinski definition) is 1. The minimum Gasteiger partial charge on any atom is -0.481 e. The lowest BCUT2D eigenvalue weighted by Crippen LogP contribution is -2.46. The Morgan fingerprint density at radius 3 is 2.41 bits per heavy atom. The summed E-state index contributed by atoms with van der Waals surface area (Å²) in [7, 11) is 0. The second-order valence-electron chi connectivity index (χ2n) is 5.65. The minimum atomic E-state index is -0.859. The van der Waals surface area contributed by atoms with E-state index in [2.05, 4.69) is 0 Å². The first-order valence-corrected chi connectivity index (χ1v) is 8.64. The second kappa shape index (κ2) is 7.68. The first-order valence-electron chi connectivity index (χ1n) is 7.82. The van der Waals surface area contributed by atoms with Crippen molar-refractivity contribution in [2.24, 2.45) is 0 Å². The number of hydrogen-bond acceptors (Lipinski definition) is 3. The fourth-order valence-corrected chi connectivity index (χ4v) is 4.40. The summed E-state index contributed by atoms with van der Waals surface area (Å²) in [6, 6.07) is 10.0. The number of carboxylic acids is 1. The van der Waals surface area contributed by atoms with Crippen molar-refractivity contribution in [2.45, 2.75) is 48.7 Å². The van der Waals surface area contributed by atoms with Gasteiger partial charge in [-0.3, -0.25) is 9.59 Å². The van der Waals surface area contributed by atoms with E-state index in [1.165, 1.54) is 0 Å². The lowest BCUT2D eigenvalue weighted by molar-refractivity contribution is -0.139. The highest BCUT2D eigenvalue weighted by Crippen LogP contribution is 2.46. The Kier molecular flexibility index (Phi) is 5.89. The van der Waals surface area contributed by atoms with Crippen molar-refractivity contribution in [1.82, 2.24) is 4.90 Å². The molecule has 1 aliphatic carbocycles. The molecular weight excluding hydrogens is 298 g/mol. The molecule has 2 rings (SSSR count). The Labute approximate surface area is 135 Å². The molecule has 5 heteroatoms. The van der Waals surface area contributed by atoms with Crippen LogP contribution in [0.4, 0.5) is 0 Å². The normalized spacial score (nSPS) is 16.4. The van der Waals surface area contributed by atoms with Crippen LogP contribution in [-0.4, -0.2) is 39.7 Å². The van der Waals surface area contributed by atoms with Gasteiger partial charge in [0.25, 0.3) is 0 Å². The number of rotatable bonds is 7. The number of carbonyl (C=O) groups excluding carboxylic acids is 1. The molecule has 1 aliphatic rings. The van der Waals surface area contributed by atoms with Crippen molar-refractivity contribution in [2.75, 3.05) is 13.1 Å². The lowest BCUT2D eigenvalue weighted by atomic mass is 10.1. The Bertz CT molecular complexity index is 512. The highest BCUT2D eigenvalue weighted by Gasteiger charge is 2.44. The van der Waals surface area contributed by atoms with Crippen molar-refractivity contribution >= 4 is 23.6 Å². The van der Waals surface area contributed by atoms with E-state index in [0.717, 1.165) is 30.6 Å². The second-order valence-corrected chi connectivity index (χ2v) is 7.10. The van der Waals surface area contributed by atoms with Gasteiger partial charge in [-0.05, 0) is 31.9 Å². The van der Waals surface area contributed by atoms with Gasteiger partial charge in [-0.25, -0.2) is 0 Å². The fourth-order valence-electron chi connectivity index (χ4n) is 2.94. The maximum Gasteiger partial charge on any atom is 0.305 e. The summed E-state index contributed by atoms with van der Waals surface area (Å²) in [5.41, 5.74) is 0. The average Bonchev–Trinajstić information content (AvgIpc) is 2.98. The highest BCUT2D eigenvalue weighted by molar-refractivity contribution is 8.01. The number of carboxylic acid groups (broad SMARTS) is 1. The number of benzene rings is 1. The largest absolute Gasteiger partial charge is 0.481 e. The summed E-state index contributed by atoms with van der Waals surface area (Å²) in [6.07, 6.45) is 3.86. The standard InChI is InChI=1S/C17H23NO3S/c1-2-18(13-10-15(19)20)16(21)17(11-6-7-12-17)22-14-8-4-3-5-9-14/h3-5,8-9H,2,6-7,10-13H2,1H3,(H,19,20). The first kappa shape index (κ1) is 16.9. The van der Waals surface area contributed by atoms with Gasteiger partial charge in [0, 0.05) is 18.0 Å². The molecule has 1 N–H and O–H groups in total. The zero-order chi connectivity index (χ0) is 16.0. The van der Waals surface area contributed by atoms with Crippen molar-refractivity contribution < 1.29 is 14.7 Å². The van der Waals surface area contributed by atoms with Crippen LogP contribution in [0.3, 0.4) is 0 Å². The molecule has 1 aromatic rings. The van der Waals surface area contributed by atoms with Crippen LogP contribution in [0.2, 0.25) is 0 Å². The van der Waals surface area contributed by atoms with Gasteiger partial charge in [-0.1, -0.05) is 31.0 Å². The van der Waals surface area contributed by atoms with E-state index < -0.39 is 10.7 Å². The predicted molar refractivity (Wildman–Crippen MR) is 88.0 cm³/mol. The summed E-state index contributed by atoms with van der Waals surface area (Å²) >= 11 is 1.65. The Balaban J connectivity index is 2.14. The molecule has 0 saturated heterocycles. The maximum absolute atomic E-state index is 13.0. The Morgan fingerprint density at radius 1 is 1.23 bits per heavy atom. The van der Waals surface area contributed by atoms with Gasteiger partial charge in [0.2, 0.25) is 5.91 Å². The quantitative estimate of drug-likeness (QED) is 0.836. The van der Waals surface area contributed by atoms with Crippen molar-refractivity contribution in [1.29, 1.82) is 0 Å². The monoisotopic (exact) mass is 321 g/mol. The summed E-state index contributed by atoms with van der Waals surface area (Å²) in [5.74, 6) is -0.759. The molecule has 0 spiro atoms. The van der Waals surface area contributed by atoms with E-state index in [1.54, 1.807) is 16.7 Å². The first-order chi connectivity index (χ1) is 10.6. The van der Waals surface area contributed by atoms with E-state index in [9.17, 15) is 9.59 Å². The van der Waals surface area contributed by atoms with E-state index in [0.29, 0.717) is 13.1 Å².